The molecule has 0 atom stereocenters. The minimum atomic E-state index is -0.388. The summed E-state index contributed by atoms with van der Waals surface area (Å²) in [7, 11) is 0. The van der Waals surface area contributed by atoms with Crippen molar-refractivity contribution in [3.63, 3.8) is 0 Å². The third-order valence-electron chi connectivity index (χ3n) is 10.4. The molecule has 0 saturated heterocycles. The second-order valence-electron chi connectivity index (χ2n) is 17.5. The van der Waals surface area contributed by atoms with Crippen LogP contribution in [-0.4, -0.2) is 69.7 Å². The number of alkyl carbamates (subject to hydrolysis) is 1. The summed E-state index contributed by atoms with van der Waals surface area (Å²) in [5.41, 5.74) is 0. The maximum atomic E-state index is 12.8. The number of ether oxygens (including phenoxy) is 3. The van der Waals surface area contributed by atoms with Gasteiger partial charge in [0.25, 0.3) is 0 Å². The van der Waals surface area contributed by atoms with Gasteiger partial charge in [-0.05, 0) is 76.0 Å². The van der Waals surface area contributed by atoms with E-state index in [2.05, 4.69) is 76.1 Å². The Labute approximate surface area is 350 Å². The Kier molecular flexibility index (Phi) is 43.6. The fourth-order valence-corrected chi connectivity index (χ4v) is 7.25. The molecule has 0 aliphatic rings. The van der Waals surface area contributed by atoms with Gasteiger partial charge in [-0.1, -0.05) is 181 Å². The van der Waals surface area contributed by atoms with E-state index in [1.807, 2.05) is 0 Å². The van der Waals surface area contributed by atoms with Crippen LogP contribution in [-0.2, 0) is 14.2 Å². The first-order chi connectivity index (χ1) is 27.4. The molecule has 0 aromatic rings. The van der Waals surface area contributed by atoms with Crippen LogP contribution in [0.5, 0.6) is 0 Å². The van der Waals surface area contributed by atoms with Crippen LogP contribution in [0, 0.1) is 11.8 Å². The monoisotopic (exact) mass is 791 g/mol. The molecule has 1 N–H and O–H groups in total. The third kappa shape index (κ3) is 43.7. The van der Waals surface area contributed by atoms with Gasteiger partial charge in [-0.3, -0.25) is 0 Å². The molecule has 0 rings (SSSR count). The number of carbonyl (C=O) groups excluding carboxylic acids is 1. The summed E-state index contributed by atoms with van der Waals surface area (Å²) < 4.78 is 17.9. The number of carbonyl (C=O) groups is 1. The zero-order chi connectivity index (χ0) is 41.0. The molecule has 56 heavy (non-hydrogen) atoms. The number of allylic oxidation sites excluding steroid dienone is 4. The second-order valence-corrected chi connectivity index (χ2v) is 17.5. The number of hydrogen-bond acceptors (Lipinski definition) is 5. The van der Waals surface area contributed by atoms with E-state index in [0.717, 1.165) is 32.5 Å². The van der Waals surface area contributed by atoms with Crippen LogP contribution in [0.25, 0.3) is 0 Å². The van der Waals surface area contributed by atoms with Gasteiger partial charge in [0.15, 0.2) is 6.10 Å². The van der Waals surface area contributed by atoms with Gasteiger partial charge in [0.1, 0.15) is 0 Å². The highest BCUT2D eigenvalue weighted by Crippen LogP contribution is 2.12. The molecule has 6 nitrogen and oxygen atoms in total. The molecule has 0 saturated carbocycles. The molecule has 0 aliphatic heterocycles. The van der Waals surface area contributed by atoms with Crippen molar-refractivity contribution >= 4 is 6.09 Å². The molecule has 0 aliphatic carbocycles. The lowest BCUT2D eigenvalue weighted by molar-refractivity contribution is -0.0293. The summed E-state index contributed by atoms with van der Waals surface area (Å²) in [5, 5.41) is 2.99. The molecule has 0 bridgehead atoms. The molecule has 0 radical (unpaired) electrons. The highest BCUT2D eigenvalue weighted by Gasteiger charge is 2.16. The average molecular weight is 791 g/mol. The number of nitrogens with zero attached hydrogens (tertiary/aromatic N) is 1. The quantitative estimate of drug-likeness (QED) is 0.0492. The molecular formula is C50H98N2O4. The largest absolute Gasteiger partial charge is 0.441 e. The average Bonchev–Trinajstić information content (AvgIpc) is 3.16. The van der Waals surface area contributed by atoms with Crippen LogP contribution in [0.2, 0.25) is 0 Å². The Morgan fingerprint density at radius 2 is 0.839 bits per heavy atom. The first-order valence-electron chi connectivity index (χ1n) is 24.5. The molecular weight excluding hydrogens is 693 g/mol. The number of hydrogen-bond donors (Lipinski definition) is 1. The lowest BCUT2D eigenvalue weighted by Crippen LogP contribution is -2.40. The lowest BCUT2D eigenvalue weighted by atomic mass is 10.1. The van der Waals surface area contributed by atoms with Crippen LogP contribution in [0.1, 0.15) is 221 Å². The van der Waals surface area contributed by atoms with Crippen LogP contribution >= 0.6 is 0 Å². The van der Waals surface area contributed by atoms with Gasteiger partial charge in [0, 0.05) is 39.4 Å². The van der Waals surface area contributed by atoms with E-state index >= 15 is 0 Å². The molecule has 332 valence electrons. The molecule has 0 unspecified atom stereocenters. The Bertz CT molecular complexity index is 789. The second kappa shape index (κ2) is 44.7. The van der Waals surface area contributed by atoms with Crippen LogP contribution in [0.15, 0.2) is 24.3 Å². The minimum absolute atomic E-state index is 0.370. The number of nitrogens with one attached hydrogen (secondary N) is 1. The SMILES string of the molecule is CCCCCCCCC=CCCCCCCCCOCC(COCCCCCCCCC=CCCCCCCCC)OC(=O)NCCN(CC(C)C)CC(C)C. The first kappa shape index (κ1) is 54.6. The van der Waals surface area contributed by atoms with Crippen molar-refractivity contribution in [2.45, 2.75) is 227 Å². The summed E-state index contributed by atoms with van der Waals surface area (Å²) in [6.07, 6.45) is 45.2. The Morgan fingerprint density at radius 1 is 0.500 bits per heavy atom. The van der Waals surface area contributed by atoms with Crippen LogP contribution in [0.4, 0.5) is 4.79 Å². The standard InChI is InChI=1S/C50H98N2O4/c1-7-9-11-13-15-17-19-21-23-25-27-29-31-33-35-37-41-54-45-49(56-50(53)51-39-40-52(43-47(3)4)44-48(5)6)46-55-42-38-36-34-32-30-28-26-24-22-20-18-16-14-12-10-8-2/h21-24,47-49H,7-20,25-46H2,1-6H3,(H,51,53). The summed E-state index contributed by atoms with van der Waals surface area (Å²) in [6, 6.07) is 0. The molecule has 0 heterocycles. The van der Waals surface area contributed by atoms with Crippen molar-refractivity contribution < 1.29 is 19.0 Å². The zero-order valence-electron chi connectivity index (χ0n) is 38.6. The van der Waals surface area contributed by atoms with Crippen LogP contribution < -0.4 is 5.32 Å². The van der Waals surface area contributed by atoms with E-state index < -0.39 is 0 Å². The van der Waals surface area contributed by atoms with Gasteiger partial charge >= 0.3 is 6.09 Å². The van der Waals surface area contributed by atoms with Gasteiger partial charge in [-0.15, -0.1) is 0 Å². The van der Waals surface area contributed by atoms with E-state index in [1.54, 1.807) is 0 Å². The fourth-order valence-electron chi connectivity index (χ4n) is 7.25. The minimum Gasteiger partial charge on any atom is -0.441 e. The first-order valence-corrected chi connectivity index (χ1v) is 24.5. The Balaban J connectivity index is 4.25. The van der Waals surface area contributed by atoms with E-state index in [9.17, 15) is 4.79 Å². The smallest absolute Gasteiger partial charge is 0.407 e. The summed E-state index contributed by atoms with van der Waals surface area (Å²) >= 11 is 0. The molecule has 0 aromatic carbocycles. The number of amides is 1. The number of rotatable bonds is 44. The fraction of sp³-hybridized carbons (Fsp3) is 0.900. The molecule has 0 aromatic heterocycles. The molecule has 0 spiro atoms. The van der Waals surface area contributed by atoms with E-state index in [0.29, 0.717) is 44.8 Å². The van der Waals surface area contributed by atoms with Crippen molar-refractivity contribution in [3.05, 3.63) is 24.3 Å². The topological polar surface area (TPSA) is 60.0 Å². The predicted molar refractivity (Wildman–Crippen MR) is 245 cm³/mol. The Hall–Kier alpha value is -1.37. The summed E-state index contributed by atoms with van der Waals surface area (Å²) in [6.45, 7) is 19.2. The van der Waals surface area contributed by atoms with Crippen molar-refractivity contribution in [1.82, 2.24) is 10.2 Å². The van der Waals surface area contributed by atoms with E-state index in [1.165, 1.54) is 167 Å². The van der Waals surface area contributed by atoms with Crippen LogP contribution in [0.3, 0.4) is 0 Å². The number of unbranched alkanes of at least 4 members (excludes halogenated alkanes) is 24. The van der Waals surface area contributed by atoms with Crippen molar-refractivity contribution in [1.29, 1.82) is 0 Å². The summed E-state index contributed by atoms with van der Waals surface area (Å²) in [5.74, 6) is 1.19. The van der Waals surface area contributed by atoms with E-state index in [-0.39, 0.29) is 12.2 Å². The van der Waals surface area contributed by atoms with Crippen molar-refractivity contribution in [2.75, 3.05) is 52.6 Å². The van der Waals surface area contributed by atoms with Crippen molar-refractivity contribution in [3.8, 4) is 0 Å². The zero-order valence-corrected chi connectivity index (χ0v) is 38.6. The normalized spacial score (nSPS) is 12.7. The maximum absolute atomic E-state index is 12.8. The van der Waals surface area contributed by atoms with Gasteiger partial charge in [0.05, 0.1) is 13.2 Å². The highest BCUT2D eigenvalue weighted by molar-refractivity contribution is 5.67. The highest BCUT2D eigenvalue weighted by atomic mass is 16.6. The molecule has 1 amide bonds. The lowest BCUT2D eigenvalue weighted by Gasteiger charge is -2.26. The predicted octanol–water partition coefficient (Wildman–Crippen LogP) is 14.8. The van der Waals surface area contributed by atoms with Crippen molar-refractivity contribution in [2.24, 2.45) is 11.8 Å². The van der Waals surface area contributed by atoms with Gasteiger partial charge < -0.3 is 24.4 Å². The molecule has 0 fully saturated rings. The van der Waals surface area contributed by atoms with Gasteiger partial charge in [-0.25, -0.2) is 4.79 Å². The van der Waals surface area contributed by atoms with Gasteiger partial charge in [-0.2, -0.15) is 0 Å². The van der Waals surface area contributed by atoms with Gasteiger partial charge in [0.2, 0.25) is 0 Å². The third-order valence-corrected chi connectivity index (χ3v) is 10.4. The maximum Gasteiger partial charge on any atom is 0.407 e. The van der Waals surface area contributed by atoms with E-state index in [4.69, 9.17) is 14.2 Å². The molecule has 6 heteroatoms. The Morgan fingerprint density at radius 3 is 1.20 bits per heavy atom. The summed E-state index contributed by atoms with van der Waals surface area (Å²) in [4.78, 5) is 15.2.